The van der Waals surface area contributed by atoms with Gasteiger partial charge in [-0.3, -0.25) is 9.63 Å². The Morgan fingerprint density at radius 1 is 1.44 bits per heavy atom. The van der Waals surface area contributed by atoms with Crippen molar-refractivity contribution in [2.45, 2.75) is 6.18 Å². The highest BCUT2D eigenvalue weighted by Gasteiger charge is 2.28. The van der Waals surface area contributed by atoms with Gasteiger partial charge in [-0.25, -0.2) is 5.48 Å². The van der Waals surface area contributed by atoms with Crippen LogP contribution in [0.25, 0.3) is 0 Å². The third-order valence-electron chi connectivity index (χ3n) is 1.82. The molecule has 0 aliphatic heterocycles. The molecule has 18 heavy (non-hydrogen) atoms. The van der Waals surface area contributed by atoms with Gasteiger partial charge in [-0.1, -0.05) is 0 Å². The van der Waals surface area contributed by atoms with Crippen molar-refractivity contribution < 1.29 is 27.5 Å². The summed E-state index contributed by atoms with van der Waals surface area (Å²) in [5.74, 6) is -0.399. The Morgan fingerprint density at radius 2 is 2.11 bits per heavy atom. The summed E-state index contributed by atoms with van der Waals surface area (Å²) in [7, 11) is 1.41. The average Bonchev–Trinajstić information content (AvgIpc) is 2.27. The van der Waals surface area contributed by atoms with Crippen LogP contribution in [0.5, 0.6) is 5.75 Å². The predicted molar refractivity (Wildman–Crippen MR) is 60.2 cm³/mol. The zero-order chi connectivity index (χ0) is 13.8. The van der Waals surface area contributed by atoms with E-state index >= 15 is 0 Å². The highest BCUT2D eigenvalue weighted by Crippen LogP contribution is 2.22. The second-order valence-corrected chi connectivity index (χ2v) is 4.04. The standard InChI is InChI=1S/C10H9BrF3NO3/c1-17-6-2-3-8(11)7(4-6)9(16)15-18-5-10(12,13)14/h2-4H,5H2,1H3,(H,15,16). The number of halogens is 4. The van der Waals surface area contributed by atoms with E-state index in [1.54, 1.807) is 11.5 Å². The van der Waals surface area contributed by atoms with Gasteiger partial charge in [0.05, 0.1) is 12.7 Å². The van der Waals surface area contributed by atoms with Crippen molar-refractivity contribution in [3.8, 4) is 5.75 Å². The first kappa shape index (κ1) is 14.8. The summed E-state index contributed by atoms with van der Waals surface area (Å²) in [6.45, 7) is -1.56. The van der Waals surface area contributed by atoms with Gasteiger partial charge in [0.2, 0.25) is 0 Å². The maximum atomic E-state index is 11.8. The van der Waals surface area contributed by atoms with Gasteiger partial charge in [0, 0.05) is 4.47 Å². The minimum absolute atomic E-state index is 0.108. The predicted octanol–water partition coefficient (Wildman–Crippen LogP) is 2.68. The van der Waals surface area contributed by atoms with Gasteiger partial charge in [-0.05, 0) is 34.1 Å². The van der Waals surface area contributed by atoms with Crippen molar-refractivity contribution in [1.29, 1.82) is 0 Å². The van der Waals surface area contributed by atoms with E-state index in [9.17, 15) is 18.0 Å². The summed E-state index contributed by atoms with van der Waals surface area (Å²) in [6.07, 6.45) is -4.50. The summed E-state index contributed by atoms with van der Waals surface area (Å²) >= 11 is 3.10. The van der Waals surface area contributed by atoms with E-state index in [2.05, 4.69) is 20.8 Å². The molecule has 1 aromatic rings. The Bertz CT molecular complexity index is 437. The molecule has 0 spiro atoms. The van der Waals surface area contributed by atoms with Gasteiger partial charge >= 0.3 is 6.18 Å². The molecule has 0 heterocycles. The van der Waals surface area contributed by atoms with Crippen LogP contribution in [0.1, 0.15) is 10.4 Å². The van der Waals surface area contributed by atoms with Gasteiger partial charge in [-0.15, -0.1) is 0 Å². The number of nitrogens with one attached hydrogen (secondary N) is 1. The van der Waals surface area contributed by atoms with E-state index in [0.29, 0.717) is 10.2 Å². The molecule has 0 bridgehead atoms. The van der Waals surface area contributed by atoms with Gasteiger partial charge in [0.25, 0.3) is 5.91 Å². The third-order valence-corrected chi connectivity index (χ3v) is 2.51. The molecular formula is C10H9BrF3NO3. The van der Waals surface area contributed by atoms with Gasteiger partial charge in [0.15, 0.2) is 6.61 Å². The van der Waals surface area contributed by atoms with E-state index in [0.717, 1.165) is 0 Å². The fraction of sp³-hybridized carbons (Fsp3) is 0.300. The topological polar surface area (TPSA) is 47.6 Å². The second-order valence-electron chi connectivity index (χ2n) is 3.18. The van der Waals surface area contributed by atoms with E-state index in [4.69, 9.17) is 4.74 Å². The smallest absolute Gasteiger partial charge is 0.414 e. The molecule has 0 saturated carbocycles. The van der Waals surface area contributed by atoms with E-state index in [1.807, 2.05) is 0 Å². The van der Waals surface area contributed by atoms with Crippen molar-refractivity contribution in [2.75, 3.05) is 13.7 Å². The number of carbonyl (C=O) groups is 1. The van der Waals surface area contributed by atoms with Crippen LogP contribution in [0.4, 0.5) is 13.2 Å². The van der Waals surface area contributed by atoms with E-state index < -0.39 is 18.7 Å². The third kappa shape index (κ3) is 4.53. The largest absolute Gasteiger partial charge is 0.497 e. The lowest BCUT2D eigenvalue weighted by Gasteiger charge is -2.10. The first-order chi connectivity index (χ1) is 8.33. The van der Waals surface area contributed by atoms with Crippen LogP contribution < -0.4 is 10.2 Å². The molecule has 0 aliphatic carbocycles. The number of hydrogen-bond acceptors (Lipinski definition) is 3. The minimum atomic E-state index is -4.50. The van der Waals surface area contributed by atoms with Crippen LogP contribution >= 0.6 is 15.9 Å². The molecule has 8 heteroatoms. The highest BCUT2D eigenvalue weighted by molar-refractivity contribution is 9.10. The molecule has 0 saturated heterocycles. The maximum absolute atomic E-state index is 11.8. The molecular weight excluding hydrogens is 319 g/mol. The monoisotopic (exact) mass is 327 g/mol. The summed E-state index contributed by atoms with van der Waals surface area (Å²) in [4.78, 5) is 15.6. The molecule has 0 radical (unpaired) electrons. The Morgan fingerprint density at radius 3 is 2.67 bits per heavy atom. The normalized spacial score (nSPS) is 11.2. The van der Waals surface area contributed by atoms with Crippen molar-refractivity contribution >= 4 is 21.8 Å². The van der Waals surface area contributed by atoms with Crippen LogP contribution in [0.3, 0.4) is 0 Å². The van der Waals surface area contributed by atoms with E-state index in [-0.39, 0.29) is 5.56 Å². The number of alkyl halides is 3. The first-order valence-electron chi connectivity index (χ1n) is 4.66. The Labute approximate surface area is 109 Å². The fourth-order valence-corrected chi connectivity index (χ4v) is 1.47. The summed E-state index contributed by atoms with van der Waals surface area (Å²) in [6, 6.07) is 4.51. The molecule has 1 amide bonds. The fourth-order valence-electron chi connectivity index (χ4n) is 1.04. The lowest BCUT2D eigenvalue weighted by molar-refractivity contribution is -0.184. The molecule has 100 valence electrons. The Kier molecular flexibility index (Phi) is 4.97. The van der Waals surface area contributed by atoms with Crippen LogP contribution in [0, 0.1) is 0 Å². The molecule has 1 N–H and O–H groups in total. The molecule has 0 atom stereocenters. The van der Waals surface area contributed by atoms with Crippen molar-refractivity contribution in [1.82, 2.24) is 5.48 Å². The quantitative estimate of drug-likeness (QED) is 0.865. The highest BCUT2D eigenvalue weighted by atomic mass is 79.9. The average molecular weight is 328 g/mol. The SMILES string of the molecule is COc1ccc(Br)c(C(=O)NOCC(F)(F)F)c1. The summed E-state index contributed by atoms with van der Waals surface area (Å²) in [5.41, 5.74) is 1.81. The number of hydrogen-bond donors (Lipinski definition) is 1. The van der Waals surface area contributed by atoms with Crippen LogP contribution in [0.15, 0.2) is 22.7 Å². The van der Waals surface area contributed by atoms with E-state index in [1.165, 1.54) is 19.2 Å². The molecule has 4 nitrogen and oxygen atoms in total. The maximum Gasteiger partial charge on any atom is 0.414 e. The lowest BCUT2D eigenvalue weighted by atomic mass is 10.2. The number of amides is 1. The Balaban J connectivity index is 2.66. The minimum Gasteiger partial charge on any atom is -0.497 e. The van der Waals surface area contributed by atoms with Crippen molar-refractivity contribution in [2.24, 2.45) is 0 Å². The number of ether oxygens (including phenoxy) is 1. The van der Waals surface area contributed by atoms with Gasteiger partial charge in [0.1, 0.15) is 5.75 Å². The number of methoxy groups -OCH3 is 1. The van der Waals surface area contributed by atoms with Gasteiger partial charge in [-0.2, -0.15) is 13.2 Å². The molecule has 0 aliphatic rings. The number of hydroxylamine groups is 1. The zero-order valence-electron chi connectivity index (χ0n) is 9.18. The molecule has 1 aromatic carbocycles. The summed E-state index contributed by atoms with van der Waals surface area (Å²) < 4.78 is 40.7. The first-order valence-corrected chi connectivity index (χ1v) is 5.45. The molecule has 0 unspecified atom stereocenters. The number of rotatable bonds is 4. The number of carbonyl (C=O) groups excluding carboxylic acids is 1. The molecule has 0 aromatic heterocycles. The van der Waals surface area contributed by atoms with Crippen LogP contribution in [0.2, 0.25) is 0 Å². The number of benzene rings is 1. The van der Waals surface area contributed by atoms with Crippen LogP contribution in [-0.2, 0) is 4.84 Å². The Hall–Kier alpha value is -1.28. The van der Waals surface area contributed by atoms with Crippen LogP contribution in [-0.4, -0.2) is 25.8 Å². The second kappa shape index (κ2) is 6.05. The van der Waals surface area contributed by atoms with Crippen molar-refractivity contribution in [3.05, 3.63) is 28.2 Å². The lowest BCUT2D eigenvalue weighted by Crippen LogP contribution is -2.29. The molecule has 1 rings (SSSR count). The van der Waals surface area contributed by atoms with Crippen molar-refractivity contribution in [3.63, 3.8) is 0 Å². The molecule has 0 fully saturated rings. The summed E-state index contributed by atoms with van der Waals surface area (Å²) in [5, 5.41) is 0. The zero-order valence-corrected chi connectivity index (χ0v) is 10.8. The van der Waals surface area contributed by atoms with Gasteiger partial charge < -0.3 is 4.74 Å².